The molecule has 0 unspecified atom stereocenters. The number of hydrogen-bond acceptors (Lipinski definition) is 3. The summed E-state index contributed by atoms with van der Waals surface area (Å²) in [5.74, 6) is 0.429. The molecule has 1 aliphatic rings. The molecule has 2 aromatic carbocycles. The number of hydrogen-bond donors (Lipinski definition) is 2. The maximum Gasteiger partial charge on any atom is 0.226 e. The molecule has 0 aromatic heterocycles. The van der Waals surface area contributed by atoms with Crippen molar-refractivity contribution in [2.24, 2.45) is 0 Å². The minimum Gasteiger partial charge on any atom is -0.385 e. The van der Waals surface area contributed by atoms with Gasteiger partial charge < -0.3 is 15.5 Å². The van der Waals surface area contributed by atoms with Crippen LogP contribution in [0, 0.1) is 0 Å². The fourth-order valence-electron chi connectivity index (χ4n) is 3.41. The van der Waals surface area contributed by atoms with Gasteiger partial charge in [-0.15, -0.1) is 0 Å². The Kier molecular flexibility index (Phi) is 6.16. The number of benzene rings is 2. The molecule has 1 aliphatic heterocycles. The molecule has 2 aromatic rings. The third kappa shape index (κ3) is 4.78. The average Bonchev–Trinajstić information content (AvgIpc) is 3.17. The van der Waals surface area contributed by atoms with Gasteiger partial charge in [0.05, 0.1) is 0 Å². The number of carbonyl (C=O) groups excluding carboxylic acids is 1. The van der Waals surface area contributed by atoms with E-state index in [1.807, 2.05) is 18.2 Å². The number of para-hydroxylation sites is 1. The van der Waals surface area contributed by atoms with E-state index in [2.05, 4.69) is 59.7 Å². The molecule has 3 rings (SSSR count). The maximum atomic E-state index is 12.2. The van der Waals surface area contributed by atoms with Gasteiger partial charge in [0.25, 0.3) is 0 Å². The number of nitrogens with zero attached hydrogens (tertiary/aromatic N) is 1. The van der Waals surface area contributed by atoms with E-state index in [-0.39, 0.29) is 5.91 Å². The van der Waals surface area contributed by atoms with Crippen LogP contribution in [0.1, 0.15) is 44.6 Å². The summed E-state index contributed by atoms with van der Waals surface area (Å²) in [5.41, 5.74) is 4.44. The summed E-state index contributed by atoms with van der Waals surface area (Å²) in [7, 11) is 0. The van der Waals surface area contributed by atoms with Crippen molar-refractivity contribution in [1.29, 1.82) is 0 Å². The van der Waals surface area contributed by atoms with Gasteiger partial charge in [-0.1, -0.05) is 32.0 Å². The molecule has 0 aliphatic carbocycles. The van der Waals surface area contributed by atoms with E-state index in [1.54, 1.807) is 0 Å². The van der Waals surface area contributed by atoms with Crippen LogP contribution in [0.15, 0.2) is 48.5 Å². The molecule has 1 amide bonds. The van der Waals surface area contributed by atoms with Crippen LogP contribution in [0.3, 0.4) is 0 Å². The van der Waals surface area contributed by atoms with Gasteiger partial charge in [0.15, 0.2) is 0 Å². The Hall–Kier alpha value is -2.49. The smallest absolute Gasteiger partial charge is 0.226 e. The first-order chi connectivity index (χ1) is 12.6. The van der Waals surface area contributed by atoms with E-state index in [1.165, 1.54) is 24.1 Å². The molecular weight excluding hydrogens is 322 g/mol. The third-order valence-electron chi connectivity index (χ3n) is 4.88. The number of amides is 1. The first-order valence-corrected chi connectivity index (χ1v) is 9.61. The Morgan fingerprint density at radius 2 is 1.73 bits per heavy atom. The van der Waals surface area contributed by atoms with Crippen molar-refractivity contribution in [2.75, 3.05) is 35.2 Å². The lowest BCUT2D eigenvalue weighted by Gasteiger charge is -2.18. The van der Waals surface area contributed by atoms with Crippen molar-refractivity contribution in [3.63, 3.8) is 0 Å². The fourth-order valence-corrected chi connectivity index (χ4v) is 3.41. The lowest BCUT2D eigenvalue weighted by atomic mass is 10.0. The van der Waals surface area contributed by atoms with Gasteiger partial charge in [0.1, 0.15) is 0 Å². The second-order valence-electron chi connectivity index (χ2n) is 7.21. The summed E-state index contributed by atoms with van der Waals surface area (Å²) >= 11 is 0. The summed E-state index contributed by atoms with van der Waals surface area (Å²) in [5, 5.41) is 6.38. The van der Waals surface area contributed by atoms with Crippen molar-refractivity contribution >= 4 is 23.0 Å². The molecule has 0 saturated carbocycles. The van der Waals surface area contributed by atoms with Gasteiger partial charge in [-0.2, -0.15) is 0 Å². The Morgan fingerprint density at radius 3 is 2.42 bits per heavy atom. The Bertz CT molecular complexity index is 718. The van der Waals surface area contributed by atoms with E-state index >= 15 is 0 Å². The zero-order chi connectivity index (χ0) is 18.4. The molecule has 0 atom stereocenters. The number of rotatable bonds is 7. The molecule has 1 saturated heterocycles. The van der Waals surface area contributed by atoms with Crippen molar-refractivity contribution in [2.45, 2.75) is 39.0 Å². The molecule has 0 bridgehead atoms. The topological polar surface area (TPSA) is 44.4 Å². The van der Waals surface area contributed by atoms with Crippen molar-refractivity contribution in [3.8, 4) is 0 Å². The van der Waals surface area contributed by atoms with Crippen LogP contribution in [-0.4, -0.2) is 25.5 Å². The lowest BCUT2D eigenvalue weighted by molar-refractivity contribution is -0.115. The fraction of sp³-hybridized carbons (Fsp3) is 0.409. The minimum absolute atomic E-state index is 0.0410. The highest BCUT2D eigenvalue weighted by molar-refractivity contribution is 5.91. The molecule has 0 spiro atoms. The lowest BCUT2D eigenvalue weighted by Crippen LogP contribution is -2.18. The van der Waals surface area contributed by atoms with Crippen molar-refractivity contribution in [3.05, 3.63) is 54.1 Å². The van der Waals surface area contributed by atoms with Gasteiger partial charge in [0.2, 0.25) is 5.91 Å². The highest BCUT2D eigenvalue weighted by atomic mass is 16.1. The van der Waals surface area contributed by atoms with Crippen LogP contribution in [0.25, 0.3) is 0 Å². The predicted molar refractivity (Wildman–Crippen MR) is 110 cm³/mol. The van der Waals surface area contributed by atoms with Crippen LogP contribution in [0.5, 0.6) is 0 Å². The van der Waals surface area contributed by atoms with E-state index in [0.717, 1.165) is 24.5 Å². The van der Waals surface area contributed by atoms with Crippen LogP contribution >= 0.6 is 0 Å². The quantitative estimate of drug-likeness (QED) is 0.749. The Morgan fingerprint density at radius 1 is 1.04 bits per heavy atom. The van der Waals surface area contributed by atoms with Gasteiger partial charge >= 0.3 is 0 Å². The summed E-state index contributed by atoms with van der Waals surface area (Å²) in [6.45, 7) is 7.21. The summed E-state index contributed by atoms with van der Waals surface area (Å²) in [4.78, 5) is 14.7. The van der Waals surface area contributed by atoms with Crippen LogP contribution in [0.2, 0.25) is 0 Å². The summed E-state index contributed by atoms with van der Waals surface area (Å²) < 4.78 is 0. The van der Waals surface area contributed by atoms with E-state index in [0.29, 0.717) is 18.9 Å². The number of anilines is 3. The molecule has 2 N–H and O–H groups in total. The second-order valence-corrected chi connectivity index (χ2v) is 7.21. The van der Waals surface area contributed by atoms with Crippen LogP contribution in [0.4, 0.5) is 17.1 Å². The first-order valence-electron chi connectivity index (χ1n) is 9.61. The molecule has 4 heteroatoms. The van der Waals surface area contributed by atoms with E-state index in [9.17, 15) is 4.79 Å². The van der Waals surface area contributed by atoms with Gasteiger partial charge in [-0.05, 0) is 54.7 Å². The molecule has 1 heterocycles. The number of nitrogens with one attached hydrogen (secondary N) is 2. The largest absolute Gasteiger partial charge is 0.385 e. The highest BCUT2D eigenvalue weighted by Crippen LogP contribution is 2.24. The first kappa shape index (κ1) is 18.3. The van der Waals surface area contributed by atoms with Gasteiger partial charge in [-0.25, -0.2) is 0 Å². The Labute approximate surface area is 156 Å². The molecule has 1 fully saturated rings. The predicted octanol–water partition coefficient (Wildman–Crippen LogP) is 4.85. The molecule has 0 radical (unpaired) electrons. The normalized spacial score (nSPS) is 13.9. The zero-order valence-corrected chi connectivity index (χ0v) is 15.8. The highest BCUT2D eigenvalue weighted by Gasteiger charge is 2.12. The summed E-state index contributed by atoms with van der Waals surface area (Å²) in [6, 6.07) is 16.5. The summed E-state index contributed by atoms with van der Waals surface area (Å²) in [6.07, 6.45) is 3.02. The standard InChI is InChI=1S/C22H29N3O/c1-17(2)20-7-3-4-8-21(20)24-22(26)13-14-23-18-9-11-19(12-10-18)25-15-5-6-16-25/h3-4,7-12,17,23H,5-6,13-16H2,1-2H3,(H,24,26). The molecule has 138 valence electrons. The Balaban J connectivity index is 1.46. The molecular formula is C22H29N3O. The number of carbonyl (C=O) groups is 1. The zero-order valence-electron chi connectivity index (χ0n) is 15.8. The minimum atomic E-state index is 0.0410. The van der Waals surface area contributed by atoms with Crippen molar-refractivity contribution < 1.29 is 4.79 Å². The average molecular weight is 351 g/mol. The second kappa shape index (κ2) is 8.75. The van der Waals surface area contributed by atoms with E-state index in [4.69, 9.17) is 0 Å². The van der Waals surface area contributed by atoms with Crippen LogP contribution in [-0.2, 0) is 4.79 Å². The molecule has 4 nitrogen and oxygen atoms in total. The van der Waals surface area contributed by atoms with Gasteiger partial charge in [-0.3, -0.25) is 4.79 Å². The monoisotopic (exact) mass is 351 g/mol. The maximum absolute atomic E-state index is 12.2. The SMILES string of the molecule is CC(C)c1ccccc1NC(=O)CCNc1ccc(N2CCCC2)cc1. The van der Waals surface area contributed by atoms with Crippen molar-refractivity contribution in [1.82, 2.24) is 0 Å². The van der Waals surface area contributed by atoms with Gasteiger partial charge in [0, 0.05) is 43.1 Å². The third-order valence-corrected chi connectivity index (χ3v) is 4.88. The molecule has 26 heavy (non-hydrogen) atoms. The van der Waals surface area contributed by atoms with E-state index < -0.39 is 0 Å². The van der Waals surface area contributed by atoms with Crippen LogP contribution < -0.4 is 15.5 Å².